The molecule has 0 saturated carbocycles. The number of amides is 3. The molecule has 1 fully saturated rings. The van der Waals surface area contributed by atoms with Crippen LogP contribution in [-0.2, 0) is 14.4 Å². The maximum absolute atomic E-state index is 12.9. The number of carbonyl (C=O) groups is 3. The molecule has 1 aliphatic rings. The summed E-state index contributed by atoms with van der Waals surface area (Å²) in [6.45, 7) is 1.44. The summed E-state index contributed by atoms with van der Waals surface area (Å²) in [5, 5.41) is 5.63. The van der Waals surface area contributed by atoms with E-state index in [9.17, 15) is 14.4 Å². The maximum atomic E-state index is 12.9. The third kappa shape index (κ3) is 4.34. The molecule has 3 rings (SSSR count). The van der Waals surface area contributed by atoms with Crippen molar-refractivity contribution < 1.29 is 14.4 Å². The number of benzene rings is 2. The van der Waals surface area contributed by atoms with Gasteiger partial charge in [-0.25, -0.2) is 0 Å². The third-order valence-electron chi connectivity index (χ3n) is 4.81. The highest BCUT2D eigenvalue weighted by atomic mass is 16.2. The van der Waals surface area contributed by atoms with Gasteiger partial charge in [-0.05, 0) is 36.2 Å². The summed E-state index contributed by atoms with van der Waals surface area (Å²) in [5.74, 6) is -0.541. The minimum atomic E-state index is -0.329. The van der Waals surface area contributed by atoms with E-state index in [1.54, 1.807) is 36.2 Å². The highest BCUT2D eigenvalue weighted by Gasteiger charge is 2.38. The lowest BCUT2D eigenvalue weighted by molar-refractivity contribution is -0.140. The van der Waals surface area contributed by atoms with E-state index in [1.807, 2.05) is 30.3 Å². The molecule has 0 aliphatic carbocycles. The van der Waals surface area contributed by atoms with Crippen molar-refractivity contribution in [2.45, 2.75) is 25.8 Å². The zero-order chi connectivity index (χ0) is 19.4. The van der Waals surface area contributed by atoms with Crippen molar-refractivity contribution in [3.63, 3.8) is 0 Å². The predicted octanol–water partition coefficient (Wildman–Crippen LogP) is 3.19. The number of hydrogen-bond donors (Lipinski definition) is 2. The van der Waals surface area contributed by atoms with Crippen LogP contribution in [0, 0.1) is 5.92 Å². The molecule has 2 atom stereocenters. The lowest BCUT2D eigenvalue weighted by Gasteiger charge is -2.38. The molecule has 0 unspecified atom stereocenters. The van der Waals surface area contributed by atoms with Gasteiger partial charge in [0.15, 0.2) is 0 Å². The lowest BCUT2D eigenvalue weighted by atomic mass is 9.84. The van der Waals surface area contributed by atoms with E-state index < -0.39 is 0 Å². The van der Waals surface area contributed by atoms with Crippen molar-refractivity contribution in [1.82, 2.24) is 4.90 Å². The fourth-order valence-electron chi connectivity index (χ4n) is 3.49. The van der Waals surface area contributed by atoms with Crippen LogP contribution in [0.3, 0.4) is 0 Å². The topological polar surface area (TPSA) is 78.5 Å². The van der Waals surface area contributed by atoms with E-state index >= 15 is 0 Å². The van der Waals surface area contributed by atoms with Crippen LogP contribution >= 0.6 is 0 Å². The van der Waals surface area contributed by atoms with Gasteiger partial charge in [0.25, 0.3) is 0 Å². The van der Waals surface area contributed by atoms with E-state index in [0.29, 0.717) is 24.2 Å². The molecule has 6 nitrogen and oxygen atoms in total. The Hall–Kier alpha value is -3.15. The maximum Gasteiger partial charge on any atom is 0.229 e. The first-order valence-electron chi connectivity index (χ1n) is 8.95. The molecule has 0 spiro atoms. The van der Waals surface area contributed by atoms with Gasteiger partial charge in [0.05, 0.1) is 12.0 Å². The van der Waals surface area contributed by atoms with Gasteiger partial charge in [0, 0.05) is 31.8 Å². The second-order valence-electron chi connectivity index (χ2n) is 6.75. The Morgan fingerprint density at radius 1 is 0.963 bits per heavy atom. The summed E-state index contributed by atoms with van der Waals surface area (Å²) < 4.78 is 0. The number of piperidine rings is 1. The second-order valence-corrected chi connectivity index (χ2v) is 6.75. The molecular formula is C21H23N3O3. The fourth-order valence-corrected chi connectivity index (χ4v) is 3.49. The zero-order valence-electron chi connectivity index (χ0n) is 15.4. The van der Waals surface area contributed by atoms with Crippen LogP contribution in [0.2, 0.25) is 0 Å². The first-order chi connectivity index (χ1) is 13.0. The van der Waals surface area contributed by atoms with Gasteiger partial charge in [0.1, 0.15) is 0 Å². The van der Waals surface area contributed by atoms with Crippen molar-refractivity contribution in [3.8, 4) is 0 Å². The number of hydrogen-bond acceptors (Lipinski definition) is 3. The summed E-state index contributed by atoms with van der Waals surface area (Å²) in [6.07, 6.45) is 0.873. The Kier molecular flexibility index (Phi) is 5.54. The highest BCUT2D eigenvalue weighted by Crippen LogP contribution is 2.36. The van der Waals surface area contributed by atoms with Gasteiger partial charge in [-0.1, -0.05) is 30.3 Å². The minimum Gasteiger partial charge on any atom is -0.338 e. The Labute approximate surface area is 158 Å². The standard InChI is InChI=1S/C21H23N3O3/c1-14(25)22-16-8-10-17(11-9-16)23-21(27)18-12-13-19(26)24(2)20(18)15-6-4-3-5-7-15/h3-11,18,20H,12-13H2,1-2H3,(H,22,25)(H,23,27)/t18-,20-/m0/s1. The summed E-state index contributed by atoms with van der Waals surface area (Å²) in [5.41, 5.74) is 2.28. The summed E-state index contributed by atoms with van der Waals surface area (Å²) in [7, 11) is 1.75. The number of rotatable bonds is 4. The molecule has 0 bridgehead atoms. The number of nitrogens with one attached hydrogen (secondary N) is 2. The molecule has 3 amide bonds. The van der Waals surface area contributed by atoms with Gasteiger partial charge >= 0.3 is 0 Å². The normalized spacial score (nSPS) is 19.5. The number of likely N-dealkylation sites (tertiary alicyclic amines) is 1. The van der Waals surface area contributed by atoms with Crippen LogP contribution in [-0.4, -0.2) is 29.7 Å². The molecule has 1 aliphatic heterocycles. The summed E-state index contributed by atoms with van der Waals surface area (Å²) in [4.78, 5) is 37.9. The van der Waals surface area contributed by atoms with Gasteiger partial charge < -0.3 is 15.5 Å². The summed E-state index contributed by atoms with van der Waals surface area (Å²) >= 11 is 0. The highest BCUT2D eigenvalue weighted by molar-refractivity contribution is 5.95. The number of nitrogens with zero attached hydrogens (tertiary/aromatic N) is 1. The molecular weight excluding hydrogens is 342 g/mol. The van der Waals surface area contributed by atoms with E-state index in [4.69, 9.17) is 0 Å². The average molecular weight is 365 g/mol. The molecule has 1 heterocycles. The van der Waals surface area contributed by atoms with E-state index in [2.05, 4.69) is 10.6 Å². The van der Waals surface area contributed by atoms with Crippen molar-refractivity contribution in [2.75, 3.05) is 17.7 Å². The fraction of sp³-hybridized carbons (Fsp3) is 0.286. The SMILES string of the molecule is CC(=O)Nc1ccc(NC(=O)[C@H]2CCC(=O)N(C)[C@H]2c2ccccc2)cc1. The average Bonchev–Trinajstić information content (AvgIpc) is 2.65. The molecule has 2 aromatic carbocycles. The van der Waals surface area contributed by atoms with Crippen molar-refractivity contribution in [1.29, 1.82) is 0 Å². The Morgan fingerprint density at radius 3 is 2.15 bits per heavy atom. The van der Waals surface area contributed by atoms with Crippen molar-refractivity contribution >= 4 is 29.1 Å². The molecule has 0 radical (unpaired) electrons. The Morgan fingerprint density at radius 2 is 1.56 bits per heavy atom. The Balaban J connectivity index is 1.77. The van der Waals surface area contributed by atoms with Crippen molar-refractivity contribution in [3.05, 3.63) is 60.2 Å². The van der Waals surface area contributed by atoms with Gasteiger partial charge in [-0.15, -0.1) is 0 Å². The number of carbonyl (C=O) groups excluding carboxylic acids is 3. The van der Waals surface area contributed by atoms with Crippen LogP contribution in [0.4, 0.5) is 11.4 Å². The molecule has 1 saturated heterocycles. The van der Waals surface area contributed by atoms with E-state index in [0.717, 1.165) is 5.56 Å². The van der Waals surface area contributed by atoms with Crippen LogP contribution in [0.25, 0.3) is 0 Å². The van der Waals surface area contributed by atoms with E-state index in [-0.39, 0.29) is 29.7 Å². The van der Waals surface area contributed by atoms with Crippen LogP contribution in [0.15, 0.2) is 54.6 Å². The van der Waals surface area contributed by atoms with Gasteiger partial charge in [-0.3, -0.25) is 14.4 Å². The molecule has 0 aromatic heterocycles. The Bertz CT molecular complexity index is 834. The second kappa shape index (κ2) is 8.03. The van der Waals surface area contributed by atoms with E-state index in [1.165, 1.54) is 6.92 Å². The number of anilines is 2. The molecule has 27 heavy (non-hydrogen) atoms. The largest absolute Gasteiger partial charge is 0.338 e. The lowest BCUT2D eigenvalue weighted by Crippen LogP contribution is -2.44. The van der Waals surface area contributed by atoms with Crippen LogP contribution in [0.5, 0.6) is 0 Å². The first-order valence-corrected chi connectivity index (χ1v) is 8.95. The van der Waals surface area contributed by atoms with Crippen molar-refractivity contribution in [2.24, 2.45) is 5.92 Å². The molecule has 140 valence electrons. The third-order valence-corrected chi connectivity index (χ3v) is 4.81. The van der Waals surface area contributed by atoms with Gasteiger partial charge in [-0.2, -0.15) is 0 Å². The first kappa shape index (κ1) is 18.6. The van der Waals surface area contributed by atoms with Crippen LogP contribution in [0.1, 0.15) is 31.4 Å². The molecule has 2 aromatic rings. The smallest absolute Gasteiger partial charge is 0.229 e. The van der Waals surface area contributed by atoms with Crippen LogP contribution < -0.4 is 10.6 Å². The zero-order valence-corrected chi connectivity index (χ0v) is 15.4. The molecule has 6 heteroatoms. The monoisotopic (exact) mass is 365 g/mol. The molecule has 2 N–H and O–H groups in total. The summed E-state index contributed by atoms with van der Waals surface area (Å²) in [6, 6.07) is 16.3. The minimum absolute atomic E-state index is 0.0487. The quantitative estimate of drug-likeness (QED) is 0.873. The van der Waals surface area contributed by atoms with Gasteiger partial charge in [0.2, 0.25) is 17.7 Å². The predicted molar refractivity (Wildman–Crippen MR) is 104 cm³/mol.